The van der Waals surface area contributed by atoms with Crippen molar-refractivity contribution in [2.75, 3.05) is 13.1 Å². The number of benzene rings is 1. The normalized spacial score (nSPS) is 27.2. The van der Waals surface area contributed by atoms with Gasteiger partial charge in [-0.1, -0.05) is 12.1 Å². The van der Waals surface area contributed by atoms with Crippen LogP contribution in [0.4, 0.5) is 0 Å². The Morgan fingerprint density at radius 1 is 1.26 bits per heavy atom. The van der Waals surface area contributed by atoms with Crippen molar-refractivity contribution >= 4 is 11.8 Å². The summed E-state index contributed by atoms with van der Waals surface area (Å²) in [7, 11) is 0. The van der Waals surface area contributed by atoms with Gasteiger partial charge in [-0.3, -0.25) is 9.59 Å². The van der Waals surface area contributed by atoms with Crippen LogP contribution >= 0.6 is 0 Å². The predicted octanol–water partition coefficient (Wildman–Crippen LogP) is 0.0368. The average molecular weight is 318 g/mol. The molecule has 3 unspecified atom stereocenters. The molecule has 1 aromatic rings. The first kappa shape index (κ1) is 15.8. The zero-order chi connectivity index (χ0) is 16.4. The Bertz CT molecular complexity index is 589. The fourth-order valence-electron chi connectivity index (χ4n) is 3.23. The number of phenols is 1. The number of rotatable bonds is 3. The Hall–Kier alpha value is -2.12. The third kappa shape index (κ3) is 3.62. The smallest absolute Gasteiger partial charge is 0.241 e. The summed E-state index contributed by atoms with van der Waals surface area (Å²) in [5, 5.41) is 12.2. The van der Waals surface area contributed by atoms with Crippen LogP contribution < -0.4 is 16.2 Å². The zero-order valence-electron chi connectivity index (χ0n) is 13.1. The molecule has 3 rings (SSSR count). The number of hydrogen-bond acceptors (Lipinski definition) is 5. The summed E-state index contributed by atoms with van der Waals surface area (Å²) in [6.45, 7) is 2.74. The minimum atomic E-state index is -0.273. The molecule has 3 atom stereocenters. The van der Waals surface area contributed by atoms with Crippen LogP contribution in [0.1, 0.15) is 31.4 Å². The van der Waals surface area contributed by atoms with E-state index in [0.29, 0.717) is 19.5 Å². The summed E-state index contributed by atoms with van der Waals surface area (Å²) in [6.07, 6.45) is 1.46. The molecule has 7 nitrogen and oxygen atoms in total. The number of likely N-dealkylation sites (tertiary alicyclic amines) is 1. The second kappa shape index (κ2) is 6.55. The van der Waals surface area contributed by atoms with Crippen molar-refractivity contribution in [1.82, 2.24) is 21.1 Å². The lowest BCUT2D eigenvalue weighted by molar-refractivity contribution is -0.132. The number of amides is 2. The summed E-state index contributed by atoms with van der Waals surface area (Å²) >= 11 is 0. The summed E-state index contributed by atoms with van der Waals surface area (Å²) in [5.74, 6) is 0.234. The van der Waals surface area contributed by atoms with Gasteiger partial charge in [-0.25, -0.2) is 10.9 Å². The van der Waals surface area contributed by atoms with Gasteiger partial charge in [0.05, 0.1) is 0 Å². The maximum absolute atomic E-state index is 12.6. The summed E-state index contributed by atoms with van der Waals surface area (Å²) in [4.78, 5) is 25.5. The second-order valence-electron chi connectivity index (χ2n) is 6.19. The average Bonchev–Trinajstić information content (AvgIpc) is 3.16. The van der Waals surface area contributed by atoms with E-state index in [1.54, 1.807) is 17.0 Å². The number of phenolic OH excluding ortho intramolecular Hbond substituents is 1. The van der Waals surface area contributed by atoms with Gasteiger partial charge in [-0.2, -0.15) is 0 Å². The van der Waals surface area contributed by atoms with Crippen LogP contribution in [0.15, 0.2) is 24.3 Å². The molecule has 124 valence electrons. The molecule has 0 bridgehead atoms. The third-order valence-corrected chi connectivity index (χ3v) is 4.40. The Labute approximate surface area is 135 Å². The van der Waals surface area contributed by atoms with Crippen molar-refractivity contribution < 1.29 is 14.7 Å². The largest absolute Gasteiger partial charge is 0.508 e. The molecule has 0 aromatic heterocycles. The Kier molecular flexibility index (Phi) is 4.49. The molecule has 7 heteroatoms. The van der Waals surface area contributed by atoms with Gasteiger partial charge in [0, 0.05) is 32.1 Å². The minimum Gasteiger partial charge on any atom is -0.508 e. The standard InChI is InChI=1S/C16H22N4O3/c1-10(21)17-12-6-7-20(9-12)16(23)15-8-14(18-19-15)11-2-4-13(22)5-3-11/h2-5,12,14-15,18-19,22H,6-9H2,1H3,(H,17,21). The van der Waals surface area contributed by atoms with Gasteiger partial charge in [-0.15, -0.1) is 0 Å². The fourth-order valence-corrected chi connectivity index (χ4v) is 3.23. The third-order valence-electron chi connectivity index (χ3n) is 4.40. The van der Waals surface area contributed by atoms with Crippen molar-refractivity contribution in [2.24, 2.45) is 0 Å². The number of hydrogen-bond donors (Lipinski definition) is 4. The van der Waals surface area contributed by atoms with Gasteiger partial charge >= 0.3 is 0 Å². The number of nitrogens with one attached hydrogen (secondary N) is 3. The first-order valence-corrected chi connectivity index (χ1v) is 7.89. The Morgan fingerprint density at radius 3 is 2.70 bits per heavy atom. The maximum Gasteiger partial charge on any atom is 0.241 e. The lowest BCUT2D eigenvalue weighted by atomic mass is 10.0. The van der Waals surface area contributed by atoms with E-state index in [9.17, 15) is 14.7 Å². The van der Waals surface area contributed by atoms with Crippen LogP contribution in [-0.2, 0) is 9.59 Å². The summed E-state index contributed by atoms with van der Waals surface area (Å²) in [5.41, 5.74) is 7.23. The Balaban J connectivity index is 1.55. The number of hydrazine groups is 1. The highest BCUT2D eigenvalue weighted by Crippen LogP contribution is 2.25. The minimum absolute atomic E-state index is 0.0401. The van der Waals surface area contributed by atoms with Crippen LogP contribution in [0.3, 0.4) is 0 Å². The number of carbonyl (C=O) groups is 2. The van der Waals surface area contributed by atoms with Crippen molar-refractivity contribution in [3.05, 3.63) is 29.8 Å². The SMILES string of the molecule is CC(=O)NC1CCN(C(=O)C2CC(c3ccc(O)cc3)NN2)C1. The lowest BCUT2D eigenvalue weighted by Crippen LogP contribution is -2.46. The van der Waals surface area contributed by atoms with Crippen molar-refractivity contribution in [3.8, 4) is 5.75 Å². The molecule has 4 N–H and O–H groups in total. The van der Waals surface area contributed by atoms with Crippen molar-refractivity contribution in [1.29, 1.82) is 0 Å². The van der Waals surface area contributed by atoms with E-state index in [4.69, 9.17) is 0 Å². The van der Waals surface area contributed by atoms with Gasteiger partial charge in [0.15, 0.2) is 0 Å². The van der Waals surface area contributed by atoms with Crippen LogP contribution in [0.5, 0.6) is 5.75 Å². The molecule has 0 saturated carbocycles. The molecular formula is C16H22N4O3. The van der Waals surface area contributed by atoms with Gasteiger partial charge in [-0.05, 0) is 30.5 Å². The Morgan fingerprint density at radius 2 is 2.00 bits per heavy atom. The molecule has 0 spiro atoms. The van der Waals surface area contributed by atoms with Crippen LogP contribution in [0, 0.1) is 0 Å². The highest BCUT2D eigenvalue weighted by molar-refractivity contribution is 5.82. The second-order valence-corrected chi connectivity index (χ2v) is 6.19. The monoisotopic (exact) mass is 318 g/mol. The molecule has 2 saturated heterocycles. The molecule has 2 amide bonds. The molecule has 2 aliphatic rings. The quantitative estimate of drug-likeness (QED) is 0.631. The zero-order valence-corrected chi connectivity index (χ0v) is 13.1. The van der Waals surface area contributed by atoms with Gasteiger partial charge < -0.3 is 15.3 Å². The van der Waals surface area contributed by atoms with E-state index >= 15 is 0 Å². The van der Waals surface area contributed by atoms with E-state index in [0.717, 1.165) is 12.0 Å². The summed E-state index contributed by atoms with van der Waals surface area (Å²) < 4.78 is 0. The highest BCUT2D eigenvalue weighted by Gasteiger charge is 2.35. The molecule has 2 heterocycles. The first-order valence-electron chi connectivity index (χ1n) is 7.89. The van der Waals surface area contributed by atoms with Gasteiger partial charge in [0.1, 0.15) is 11.8 Å². The molecule has 0 aliphatic carbocycles. The predicted molar refractivity (Wildman–Crippen MR) is 84.3 cm³/mol. The number of carbonyl (C=O) groups excluding carboxylic acids is 2. The topological polar surface area (TPSA) is 93.7 Å². The van der Waals surface area contributed by atoms with Gasteiger partial charge in [0.25, 0.3) is 0 Å². The van der Waals surface area contributed by atoms with E-state index in [2.05, 4.69) is 16.2 Å². The molecular weight excluding hydrogens is 296 g/mol. The molecule has 2 aliphatic heterocycles. The highest BCUT2D eigenvalue weighted by atomic mass is 16.3. The van der Waals surface area contributed by atoms with Crippen LogP contribution in [0.2, 0.25) is 0 Å². The van der Waals surface area contributed by atoms with Crippen molar-refractivity contribution in [2.45, 2.75) is 37.9 Å². The van der Waals surface area contributed by atoms with E-state index in [1.165, 1.54) is 6.92 Å². The molecule has 1 aromatic carbocycles. The lowest BCUT2D eigenvalue weighted by Gasteiger charge is -2.20. The van der Waals surface area contributed by atoms with Crippen molar-refractivity contribution in [3.63, 3.8) is 0 Å². The van der Waals surface area contributed by atoms with E-state index < -0.39 is 0 Å². The first-order chi connectivity index (χ1) is 11.0. The van der Waals surface area contributed by atoms with Gasteiger partial charge in [0.2, 0.25) is 11.8 Å². The number of aromatic hydroxyl groups is 1. The van der Waals surface area contributed by atoms with E-state index in [1.807, 2.05) is 12.1 Å². The fraction of sp³-hybridized carbons (Fsp3) is 0.500. The summed E-state index contributed by atoms with van der Waals surface area (Å²) in [6, 6.07) is 6.81. The molecule has 2 fully saturated rings. The molecule has 0 radical (unpaired) electrons. The number of nitrogens with zero attached hydrogens (tertiary/aromatic N) is 1. The maximum atomic E-state index is 12.6. The van der Waals surface area contributed by atoms with Crippen LogP contribution in [0.25, 0.3) is 0 Å². The molecule has 23 heavy (non-hydrogen) atoms. The van der Waals surface area contributed by atoms with Crippen LogP contribution in [-0.4, -0.2) is 47.0 Å². The van der Waals surface area contributed by atoms with E-state index in [-0.39, 0.29) is 35.7 Å².